The molecule has 3 heterocycles. The summed E-state index contributed by atoms with van der Waals surface area (Å²) >= 11 is 7.49. The summed E-state index contributed by atoms with van der Waals surface area (Å²) in [6, 6.07) is 3.63. The summed E-state index contributed by atoms with van der Waals surface area (Å²) in [5, 5.41) is 10.1. The van der Waals surface area contributed by atoms with Crippen molar-refractivity contribution in [1.82, 2.24) is 19.6 Å². The Labute approximate surface area is 112 Å². The molecule has 5 nitrogen and oxygen atoms in total. The van der Waals surface area contributed by atoms with Crippen molar-refractivity contribution in [1.29, 1.82) is 0 Å². The first-order valence-electron chi connectivity index (χ1n) is 5.44. The third-order valence-electron chi connectivity index (χ3n) is 2.44. The number of hydrogen-bond acceptors (Lipinski definition) is 5. The number of halogens is 1. The van der Waals surface area contributed by atoms with Gasteiger partial charge in [0.05, 0.1) is 16.2 Å². The molecule has 0 fully saturated rings. The number of nitrogens with one attached hydrogen (secondary N) is 1. The second kappa shape index (κ2) is 4.91. The van der Waals surface area contributed by atoms with Crippen molar-refractivity contribution < 1.29 is 0 Å². The predicted molar refractivity (Wildman–Crippen MR) is 72.3 cm³/mol. The first kappa shape index (κ1) is 11.4. The molecular weight excluding hydrogens is 270 g/mol. The highest BCUT2D eigenvalue weighted by atomic mass is 35.5. The zero-order chi connectivity index (χ0) is 12.4. The molecule has 0 spiro atoms. The highest BCUT2D eigenvalue weighted by Gasteiger charge is 2.03. The van der Waals surface area contributed by atoms with Crippen LogP contribution in [0.3, 0.4) is 0 Å². The van der Waals surface area contributed by atoms with Gasteiger partial charge in [-0.3, -0.25) is 0 Å². The van der Waals surface area contributed by atoms with Crippen LogP contribution in [-0.4, -0.2) is 26.1 Å². The monoisotopic (exact) mass is 279 g/mol. The lowest BCUT2D eigenvalue weighted by Gasteiger charge is -1.98. The van der Waals surface area contributed by atoms with E-state index < -0.39 is 0 Å². The Morgan fingerprint density at radius 1 is 1.39 bits per heavy atom. The Morgan fingerprint density at radius 2 is 2.33 bits per heavy atom. The number of fused-ring (bicyclic) bond motifs is 1. The molecule has 0 saturated carbocycles. The molecule has 0 unspecified atom stereocenters. The summed E-state index contributed by atoms with van der Waals surface area (Å²) in [6.45, 7) is 0.758. The average Bonchev–Trinajstić information content (AvgIpc) is 2.97. The molecule has 3 aromatic rings. The zero-order valence-electron chi connectivity index (χ0n) is 9.38. The van der Waals surface area contributed by atoms with E-state index in [4.69, 9.17) is 11.6 Å². The lowest BCUT2D eigenvalue weighted by atomic mass is 10.3. The molecule has 92 valence electrons. The number of pyridine rings is 1. The number of thiazole rings is 1. The second-order valence-electron chi connectivity index (χ2n) is 3.74. The Hall–Kier alpha value is -1.66. The molecule has 3 rings (SSSR count). The van der Waals surface area contributed by atoms with Gasteiger partial charge in [0, 0.05) is 24.5 Å². The fraction of sp³-hybridized carbons (Fsp3) is 0.182. The molecule has 0 aromatic carbocycles. The highest BCUT2D eigenvalue weighted by molar-refractivity contribution is 7.07. The van der Waals surface area contributed by atoms with Crippen LogP contribution in [0.5, 0.6) is 0 Å². The van der Waals surface area contributed by atoms with E-state index in [1.807, 2.05) is 17.0 Å². The summed E-state index contributed by atoms with van der Waals surface area (Å²) in [4.78, 5) is 8.55. The lowest BCUT2D eigenvalue weighted by Crippen LogP contribution is -2.06. The van der Waals surface area contributed by atoms with Gasteiger partial charge in [0.15, 0.2) is 5.65 Å². The van der Waals surface area contributed by atoms with Gasteiger partial charge in [-0.1, -0.05) is 11.6 Å². The molecular formula is C11H10ClN5S. The molecule has 0 saturated heterocycles. The van der Waals surface area contributed by atoms with E-state index in [0.29, 0.717) is 11.0 Å². The van der Waals surface area contributed by atoms with Gasteiger partial charge < -0.3 is 5.32 Å². The SMILES string of the molecule is Clc1ccc2nc(NCCc3cscn3)nn2c1. The highest BCUT2D eigenvalue weighted by Crippen LogP contribution is 2.11. The van der Waals surface area contributed by atoms with Gasteiger partial charge in [0.25, 0.3) is 0 Å². The maximum Gasteiger partial charge on any atom is 0.243 e. The van der Waals surface area contributed by atoms with Gasteiger partial charge >= 0.3 is 0 Å². The Kier molecular flexibility index (Phi) is 3.12. The summed E-state index contributed by atoms with van der Waals surface area (Å²) in [7, 11) is 0. The van der Waals surface area contributed by atoms with Crippen LogP contribution in [0.25, 0.3) is 5.65 Å². The molecule has 7 heteroatoms. The zero-order valence-corrected chi connectivity index (χ0v) is 10.9. The van der Waals surface area contributed by atoms with Crippen LogP contribution in [0.2, 0.25) is 5.02 Å². The van der Waals surface area contributed by atoms with E-state index in [1.54, 1.807) is 28.1 Å². The summed E-state index contributed by atoms with van der Waals surface area (Å²) < 4.78 is 1.66. The summed E-state index contributed by atoms with van der Waals surface area (Å²) in [5.74, 6) is 0.604. The molecule has 0 bridgehead atoms. The van der Waals surface area contributed by atoms with Gasteiger partial charge in [-0.2, -0.15) is 4.98 Å². The average molecular weight is 280 g/mol. The number of nitrogens with zero attached hydrogens (tertiary/aromatic N) is 4. The maximum absolute atomic E-state index is 5.88. The minimum Gasteiger partial charge on any atom is -0.353 e. The molecule has 3 aromatic heterocycles. The number of aromatic nitrogens is 4. The van der Waals surface area contributed by atoms with Crippen LogP contribution < -0.4 is 5.32 Å². The summed E-state index contributed by atoms with van der Waals surface area (Å²) in [5.41, 5.74) is 3.69. The third-order valence-corrected chi connectivity index (χ3v) is 3.30. The van der Waals surface area contributed by atoms with Gasteiger partial charge in [0.2, 0.25) is 5.95 Å². The molecule has 0 radical (unpaired) electrons. The minimum absolute atomic E-state index is 0.604. The molecule has 0 aliphatic carbocycles. The van der Waals surface area contributed by atoms with Crippen LogP contribution in [0, 0.1) is 0 Å². The van der Waals surface area contributed by atoms with Crippen LogP contribution in [0.1, 0.15) is 5.69 Å². The van der Waals surface area contributed by atoms with Crippen molar-refractivity contribution in [3.63, 3.8) is 0 Å². The van der Waals surface area contributed by atoms with E-state index in [1.165, 1.54) is 0 Å². The van der Waals surface area contributed by atoms with E-state index in [2.05, 4.69) is 20.4 Å². The van der Waals surface area contributed by atoms with Crippen molar-refractivity contribution in [2.24, 2.45) is 0 Å². The van der Waals surface area contributed by atoms with Gasteiger partial charge in [-0.15, -0.1) is 16.4 Å². The molecule has 0 aliphatic rings. The van der Waals surface area contributed by atoms with Crippen molar-refractivity contribution in [3.8, 4) is 0 Å². The molecule has 0 atom stereocenters. The van der Waals surface area contributed by atoms with Crippen LogP contribution >= 0.6 is 22.9 Å². The minimum atomic E-state index is 0.604. The maximum atomic E-state index is 5.88. The topological polar surface area (TPSA) is 55.1 Å². The molecule has 1 N–H and O–H groups in total. The number of anilines is 1. The van der Waals surface area contributed by atoms with E-state index in [-0.39, 0.29) is 0 Å². The van der Waals surface area contributed by atoms with E-state index in [0.717, 1.165) is 24.3 Å². The fourth-order valence-corrected chi connectivity index (χ4v) is 2.34. The number of rotatable bonds is 4. The third kappa shape index (κ3) is 2.44. The van der Waals surface area contributed by atoms with Crippen LogP contribution in [0.4, 0.5) is 5.95 Å². The van der Waals surface area contributed by atoms with Crippen LogP contribution in [-0.2, 0) is 6.42 Å². The normalized spacial score (nSPS) is 10.9. The van der Waals surface area contributed by atoms with E-state index >= 15 is 0 Å². The first-order chi connectivity index (χ1) is 8.81. The van der Waals surface area contributed by atoms with Crippen molar-refractivity contribution in [2.75, 3.05) is 11.9 Å². The molecule has 18 heavy (non-hydrogen) atoms. The van der Waals surface area contributed by atoms with E-state index in [9.17, 15) is 0 Å². The second-order valence-corrected chi connectivity index (χ2v) is 4.90. The van der Waals surface area contributed by atoms with Crippen LogP contribution in [0.15, 0.2) is 29.2 Å². The molecule has 0 amide bonds. The predicted octanol–water partition coefficient (Wildman–Crippen LogP) is 2.49. The van der Waals surface area contributed by atoms with Crippen molar-refractivity contribution in [2.45, 2.75) is 6.42 Å². The lowest BCUT2D eigenvalue weighted by molar-refractivity contribution is 0.926. The Bertz CT molecular complexity index is 649. The largest absolute Gasteiger partial charge is 0.353 e. The Morgan fingerprint density at radius 3 is 3.17 bits per heavy atom. The number of hydrogen-bond donors (Lipinski definition) is 1. The smallest absolute Gasteiger partial charge is 0.243 e. The fourth-order valence-electron chi connectivity index (χ4n) is 1.60. The van der Waals surface area contributed by atoms with Gasteiger partial charge in [0.1, 0.15) is 0 Å². The standard InChI is InChI=1S/C11H10ClN5S/c12-8-1-2-10-15-11(16-17(10)5-8)13-4-3-9-6-18-7-14-9/h1-2,5-7H,3-4H2,(H,13,16). The Balaban J connectivity index is 1.67. The van der Waals surface area contributed by atoms with Crippen molar-refractivity contribution in [3.05, 3.63) is 39.9 Å². The van der Waals surface area contributed by atoms with Gasteiger partial charge in [-0.05, 0) is 12.1 Å². The summed E-state index contributed by atoms with van der Waals surface area (Å²) in [6.07, 6.45) is 2.59. The van der Waals surface area contributed by atoms with Gasteiger partial charge in [-0.25, -0.2) is 9.50 Å². The first-order valence-corrected chi connectivity index (χ1v) is 6.76. The van der Waals surface area contributed by atoms with Crippen molar-refractivity contribution >= 4 is 34.5 Å². The quantitative estimate of drug-likeness (QED) is 0.797. The molecule has 0 aliphatic heterocycles.